The van der Waals surface area contributed by atoms with Crippen molar-refractivity contribution >= 4 is 23.4 Å². The average Bonchev–Trinajstić information content (AvgIpc) is 2.46. The third-order valence-electron chi connectivity index (χ3n) is 2.38. The van der Waals surface area contributed by atoms with Crippen LogP contribution in [0.25, 0.3) is 0 Å². The van der Waals surface area contributed by atoms with Gasteiger partial charge in [0.05, 0.1) is 14.2 Å². The molecule has 0 aliphatic heterocycles. The van der Waals surface area contributed by atoms with Crippen molar-refractivity contribution in [3.8, 4) is 23.1 Å². The molecular weight excluding hydrogens is 300 g/mol. The highest BCUT2D eigenvalue weighted by Gasteiger charge is 2.08. The van der Waals surface area contributed by atoms with Gasteiger partial charge in [-0.15, -0.1) is 0 Å². The maximum Gasteiger partial charge on any atom is 0.224 e. The number of thioether (sulfide) groups is 1. The molecule has 0 fully saturated rings. The predicted molar refractivity (Wildman–Crippen MR) is 78.4 cm³/mol. The fraction of sp³-hybridized carbons (Fsp3) is 0.231. The summed E-state index contributed by atoms with van der Waals surface area (Å²) in [6.07, 6.45) is 1.87. The summed E-state index contributed by atoms with van der Waals surface area (Å²) < 4.78 is 16.0. The third kappa shape index (κ3) is 3.68. The zero-order chi connectivity index (χ0) is 14.5. The van der Waals surface area contributed by atoms with Crippen LogP contribution >= 0.6 is 23.4 Å². The summed E-state index contributed by atoms with van der Waals surface area (Å²) in [5, 5.41) is 0.872. The van der Waals surface area contributed by atoms with Crippen molar-refractivity contribution in [1.29, 1.82) is 0 Å². The molecule has 0 N–H and O–H groups in total. The van der Waals surface area contributed by atoms with Gasteiger partial charge in [0.25, 0.3) is 0 Å². The summed E-state index contributed by atoms with van der Waals surface area (Å²) >= 11 is 7.31. The van der Waals surface area contributed by atoms with Gasteiger partial charge in [-0.3, -0.25) is 0 Å². The highest BCUT2D eigenvalue weighted by atomic mass is 35.5. The number of aromatic nitrogens is 2. The maximum atomic E-state index is 5.92. The first-order valence-electron chi connectivity index (χ1n) is 5.64. The Morgan fingerprint density at radius 1 is 0.950 bits per heavy atom. The minimum absolute atomic E-state index is 0.328. The summed E-state index contributed by atoms with van der Waals surface area (Å²) in [5.41, 5.74) is 0. The molecule has 2 aromatic rings. The second-order valence-corrected chi connectivity index (χ2v) is 4.83. The standard InChI is InChI=1S/C13H13ClN2O3S/c1-17-8-4-9(18-2)6-10(5-8)19-12-7-11(14)15-13(16-12)20-3/h4-7H,1-3H3. The molecule has 0 atom stereocenters. The van der Waals surface area contributed by atoms with Crippen LogP contribution in [-0.2, 0) is 0 Å². The summed E-state index contributed by atoms with van der Waals surface area (Å²) in [5.74, 6) is 2.17. The lowest BCUT2D eigenvalue weighted by Gasteiger charge is -2.10. The number of ether oxygens (including phenoxy) is 3. The van der Waals surface area contributed by atoms with Crippen LogP contribution in [0.5, 0.6) is 23.1 Å². The molecule has 0 aliphatic rings. The van der Waals surface area contributed by atoms with Crippen LogP contribution in [0.4, 0.5) is 0 Å². The Morgan fingerprint density at radius 3 is 2.10 bits per heavy atom. The van der Waals surface area contributed by atoms with Gasteiger partial charge in [-0.2, -0.15) is 4.98 Å². The van der Waals surface area contributed by atoms with E-state index in [0.717, 1.165) is 0 Å². The number of hydrogen-bond acceptors (Lipinski definition) is 6. The van der Waals surface area contributed by atoms with Crippen molar-refractivity contribution in [2.45, 2.75) is 5.16 Å². The number of rotatable bonds is 5. The SMILES string of the molecule is COc1cc(OC)cc(Oc2cc(Cl)nc(SC)n2)c1. The Kier molecular flexibility index (Phi) is 4.92. The molecular formula is C13H13ClN2O3S. The predicted octanol–water partition coefficient (Wildman–Crippen LogP) is 3.66. The number of halogens is 1. The Hall–Kier alpha value is -1.66. The van der Waals surface area contributed by atoms with E-state index in [1.807, 2.05) is 6.26 Å². The Balaban J connectivity index is 2.31. The molecule has 7 heteroatoms. The van der Waals surface area contributed by atoms with Crippen LogP contribution in [-0.4, -0.2) is 30.4 Å². The van der Waals surface area contributed by atoms with Gasteiger partial charge in [0.15, 0.2) is 5.16 Å². The number of hydrogen-bond donors (Lipinski definition) is 0. The first kappa shape index (κ1) is 14.7. The van der Waals surface area contributed by atoms with E-state index in [4.69, 9.17) is 25.8 Å². The Morgan fingerprint density at radius 2 is 1.55 bits per heavy atom. The first-order chi connectivity index (χ1) is 9.64. The van der Waals surface area contributed by atoms with Gasteiger partial charge in [0, 0.05) is 24.3 Å². The van der Waals surface area contributed by atoms with E-state index in [0.29, 0.717) is 33.4 Å². The maximum absolute atomic E-state index is 5.92. The topological polar surface area (TPSA) is 53.5 Å². The van der Waals surface area contributed by atoms with E-state index in [-0.39, 0.29) is 0 Å². The minimum atomic E-state index is 0.328. The van der Waals surface area contributed by atoms with E-state index in [1.54, 1.807) is 38.5 Å². The van der Waals surface area contributed by atoms with Crippen LogP contribution in [0.15, 0.2) is 29.4 Å². The molecule has 5 nitrogen and oxygen atoms in total. The van der Waals surface area contributed by atoms with E-state index >= 15 is 0 Å². The molecule has 0 amide bonds. The summed E-state index contributed by atoms with van der Waals surface area (Å²) in [6, 6.07) is 6.77. The molecule has 0 spiro atoms. The second-order valence-electron chi connectivity index (χ2n) is 3.67. The molecule has 1 aromatic carbocycles. The summed E-state index contributed by atoms with van der Waals surface area (Å²) in [6.45, 7) is 0. The zero-order valence-electron chi connectivity index (χ0n) is 11.2. The monoisotopic (exact) mass is 312 g/mol. The molecule has 2 rings (SSSR count). The van der Waals surface area contributed by atoms with Gasteiger partial charge in [0.1, 0.15) is 22.4 Å². The lowest BCUT2D eigenvalue weighted by Crippen LogP contribution is -1.94. The van der Waals surface area contributed by atoms with E-state index < -0.39 is 0 Å². The molecule has 0 bridgehead atoms. The molecule has 0 unspecified atom stereocenters. The van der Waals surface area contributed by atoms with Crippen LogP contribution in [0.2, 0.25) is 5.15 Å². The Bertz CT molecular complexity index is 588. The quantitative estimate of drug-likeness (QED) is 0.477. The van der Waals surface area contributed by atoms with E-state index in [1.165, 1.54) is 11.8 Å². The van der Waals surface area contributed by atoms with Crippen molar-refractivity contribution in [3.05, 3.63) is 29.4 Å². The van der Waals surface area contributed by atoms with Gasteiger partial charge in [-0.05, 0) is 6.26 Å². The fourth-order valence-electron chi connectivity index (χ4n) is 1.48. The third-order valence-corrected chi connectivity index (χ3v) is 3.12. The van der Waals surface area contributed by atoms with Crippen LogP contribution in [0.1, 0.15) is 0 Å². The lowest BCUT2D eigenvalue weighted by molar-refractivity contribution is 0.384. The number of nitrogens with zero attached hydrogens (tertiary/aromatic N) is 2. The van der Waals surface area contributed by atoms with Crippen molar-refractivity contribution in [2.24, 2.45) is 0 Å². The number of benzene rings is 1. The van der Waals surface area contributed by atoms with Gasteiger partial charge < -0.3 is 14.2 Å². The Labute approximate surface area is 126 Å². The molecule has 106 valence electrons. The highest BCUT2D eigenvalue weighted by molar-refractivity contribution is 7.98. The summed E-state index contributed by atoms with van der Waals surface area (Å²) in [4.78, 5) is 8.27. The largest absolute Gasteiger partial charge is 0.496 e. The van der Waals surface area contributed by atoms with Gasteiger partial charge in [0.2, 0.25) is 5.88 Å². The van der Waals surface area contributed by atoms with Crippen molar-refractivity contribution in [2.75, 3.05) is 20.5 Å². The lowest BCUT2D eigenvalue weighted by atomic mass is 10.3. The molecule has 0 aliphatic carbocycles. The molecule has 0 saturated carbocycles. The van der Waals surface area contributed by atoms with E-state index in [2.05, 4.69) is 9.97 Å². The highest BCUT2D eigenvalue weighted by Crippen LogP contribution is 2.31. The van der Waals surface area contributed by atoms with Crippen molar-refractivity contribution in [1.82, 2.24) is 9.97 Å². The molecule has 0 radical (unpaired) electrons. The minimum Gasteiger partial charge on any atom is -0.496 e. The van der Waals surface area contributed by atoms with Gasteiger partial charge in [-0.1, -0.05) is 23.4 Å². The molecule has 1 heterocycles. The molecule has 1 aromatic heterocycles. The first-order valence-corrected chi connectivity index (χ1v) is 7.24. The molecule has 20 heavy (non-hydrogen) atoms. The van der Waals surface area contributed by atoms with Gasteiger partial charge >= 0.3 is 0 Å². The second kappa shape index (κ2) is 6.67. The van der Waals surface area contributed by atoms with Crippen molar-refractivity contribution in [3.63, 3.8) is 0 Å². The normalized spacial score (nSPS) is 10.2. The van der Waals surface area contributed by atoms with Crippen LogP contribution in [0.3, 0.4) is 0 Å². The van der Waals surface area contributed by atoms with Crippen molar-refractivity contribution < 1.29 is 14.2 Å². The van der Waals surface area contributed by atoms with Crippen LogP contribution in [0, 0.1) is 0 Å². The van der Waals surface area contributed by atoms with Gasteiger partial charge in [-0.25, -0.2) is 4.98 Å². The average molecular weight is 313 g/mol. The summed E-state index contributed by atoms with van der Waals surface area (Å²) in [7, 11) is 3.15. The zero-order valence-corrected chi connectivity index (χ0v) is 12.8. The molecule has 0 saturated heterocycles. The van der Waals surface area contributed by atoms with E-state index in [9.17, 15) is 0 Å². The number of methoxy groups -OCH3 is 2. The van der Waals surface area contributed by atoms with Crippen LogP contribution < -0.4 is 14.2 Å². The smallest absolute Gasteiger partial charge is 0.224 e. The fourth-order valence-corrected chi connectivity index (χ4v) is 2.08.